The van der Waals surface area contributed by atoms with E-state index >= 15 is 0 Å². The van der Waals surface area contributed by atoms with Crippen LogP contribution in [0, 0.1) is 24.2 Å². The first kappa shape index (κ1) is 30.4. The number of pyridine rings is 1. The molecule has 4 aliphatic carbocycles. The van der Waals surface area contributed by atoms with Crippen molar-refractivity contribution < 1.29 is 19.4 Å². The van der Waals surface area contributed by atoms with Gasteiger partial charge < -0.3 is 9.84 Å². The number of aromatic nitrogens is 3. The monoisotopic (exact) mass is 598 g/mol. The Hall–Kier alpha value is -3.68. The molecule has 7 rings (SSSR count). The Kier molecular flexibility index (Phi) is 8.29. The van der Waals surface area contributed by atoms with Gasteiger partial charge in [-0.3, -0.25) is 19.2 Å². The van der Waals surface area contributed by atoms with Crippen molar-refractivity contribution in [3.63, 3.8) is 0 Å². The van der Waals surface area contributed by atoms with Crippen LogP contribution in [0.5, 0.6) is 5.75 Å². The van der Waals surface area contributed by atoms with Gasteiger partial charge in [0.15, 0.2) is 0 Å². The molecule has 44 heavy (non-hydrogen) atoms. The lowest BCUT2D eigenvalue weighted by Crippen LogP contribution is -2.52. The van der Waals surface area contributed by atoms with Gasteiger partial charge in [-0.15, -0.1) is 0 Å². The lowest BCUT2D eigenvalue weighted by Gasteiger charge is -2.55. The topological polar surface area (TPSA) is 97.5 Å². The summed E-state index contributed by atoms with van der Waals surface area (Å²) in [7, 11) is 1.73. The largest absolute Gasteiger partial charge is 0.496 e. The van der Waals surface area contributed by atoms with Crippen molar-refractivity contribution >= 4 is 17.7 Å². The average Bonchev–Trinajstić information content (AvgIpc) is 3.56. The summed E-state index contributed by atoms with van der Waals surface area (Å²) in [5.74, 6) is 0.444. The number of ether oxygens (including phenoxy) is 1. The molecule has 2 heterocycles. The van der Waals surface area contributed by atoms with E-state index in [2.05, 4.69) is 44.1 Å². The van der Waals surface area contributed by atoms with Gasteiger partial charge in [0.25, 0.3) is 0 Å². The van der Waals surface area contributed by atoms with Gasteiger partial charge in [0.05, 0.1) is 19.2 Å². The van der Waals surface area contributed by atoms with E-state index in [0.29, 0.717) is 38.0 Å². The number of carboxylic acids is 1. The van der Waals surface area contributed by atoms with Gasteiger partial charge in [-0.05, 0) is 131 Å². The number of methoxy groups -OCH3 is 1. The SMILES string of the molecule is COc1ccc(C23CCC(CN(C(=O)C4CCC(C(=O)O)CC4)c4cc(-c5cnn(C(C)C)c5)ccn4)(CC2)CC3)cc1C. The Bertz CT molecular complexity index is 1500. The molecule has 2 bridgehead atoms. The molecule has 0 unspecified atom stereocenters. The highest BCUT2D eigenvalue weighted by molar-refractivity contribution is 5.95. The van der Waals surface area contributed by atoms with Crippen LogP contribution < -0.4 is 9.64 Å². The van der Waals surface area contributed by atoms with Gasteiger partial charge in [-0.1, -0.05) is 12.1 Å². The van der Waals surface area contributed by atoms with Crippen molar-refractivity contribution in [2.24, 2.45) is 17.3 Å². The number of aryl methyl sites for hydroxylation is 1. The second kappa shape index (κ2) is 12.0. The Morgan fingerprint density at radius 2 is 1.68 bits per heavy atom. The minimum atomic E-state index is -0.747. The number of anilines is 1. The smallest absolute Gasteiger partial charge is 0.306 e. The van der Waals surface area contributed by atoms with E-state index in [1.54, 1.807) is 13.3 Å². The maximum Gasteiger partial charge on any atom is 0.306 e. The minimum Gasteiger partial charge on any atom is -0.496 e. The molecule has 8 nitrogen and oxygen atoms in total. The molecule has 0 spiro atoms. The Morgan fingerprint density at radius 3 is 2.27 bits per heavy atom. The number of fused-ring (bicyclic) bond motifs is 3. The number of hydrogen-bond donors (Lipinski definition) is 1. The van der Waals surface area contributed by atoms with E-state index in [-0.39, 0.29) is 34.6 Å². The van der Waals surface area contributed by atoms with Crippen molar-refractivity contribution in [1.82, 2.24) is 14.8 Å². The van der Waals surface area contributed by atoms with Crippen LogP contribution in [0.25, 0.3) is 11.1 Å². The molecule has 4 saturated carbocycles. The number of hydrogen-bond acceptors (Lipinski definition) is 5. The standard InChI is InChI=1S/C36H46N4O4/c1-24(2)40-22-29(21-38-40)28-11-18-37-32(20-28)39(33(41)26-5-7-27(8-6-26)34(42)43)23-35-12-15-36(16-13-35,17-14-35)30-9-10-31(44-4)25(3)19-30/h9-11,18-22,24,26-27H,5-8,12-17,23H2,1-4H3,(H,42,43). The third-order valence-corrected chi connectivity index (χ3v) is 11.1. The maximum absolute atomic E-state index is 14.4. The summed E-state index contributed by atoms with van der Waals surface area (Å²) in [6.07, 6.45) is 14.6. The fourth-order valence-corrected chi connectivity index (χ4v) is 8.07. The first-order valence-electron chi connectivity index (χ1n) is 16.3. The van der Waals surface area contributed by atoms with Gasteiger partial charge >= 0.3 is 5.97 Å². The highest BCUT2D eigenvalue weighted by Gasteiger charge is 2.51. The number of carbonyl (C=O) groups is 2. The van der Waals surface area contributed by atoms with Crippen LogP contribution in [0.4, 0.5) is 5.82 Å². The molecule has 4 aliphatic rings. The number of benzene rings is 1. The third kappa shape index (κ3) is 5.75. The predicted octanol–water partition coefficient (Wildman–Crippen LogP) is 7.36. The van der Waals surface area contributed by atoms with Crippen LogP contribution in [0.2, 0.25) is 0 Å². The number of carboxylic acid groups (broad SMARTS) is 1. The number of aliphatic carboxylic acids is 1. The lowest BCUT2D eigenvalue weighted by atomic mass is 9.51. The first-order valence-corrected chi connectivity index (χ1v) is 16.3. The van der Waals surface area contributed by atoms with Crippen LogP contribution in [0.3, 0.4) is 0 Å². The zero-order chi connectivity index (χ0) is 31.1. The summed E-state index contributed by atoms with van der Waals surface area (Å²) in [5, 5.41) is 14.1. The molecule has 8 heteroatoms. The molecule has 2 aromatic heterocycles. The quantitative estimate of drug-likeness (QED) is 0.276. The fourth-order valence-electron chi connectivity index (χ4n) is 8.07. The minimum absolute atomic E-state index is 0.0530. The van der Waals surface area contributed by atoms with Crippen LogP contribution in [0.15, 0.2) is 48.9 Å². The third-order valence-electron chi connectivity index (χ3n) is 11.1. The van der Waals surface area contributed by atoms with E-state index in [4.69, 9.17) is 9.72 Å². The second-order valence-electron chi connectivity index (χ2n) is 14.0. The Balaban J connectivity index is 1.26. The summed E-state index contributed by atoms with van der Waals surface area (Å²) in [6, 6.07) is 11.0. The summed E-state index contributed by atoms with van der Waals surface area (Å²) in [5.41, 5.74) is 4.84. The van der Waals surface area contributed by atoms with E-state index in [9.17, 15) is 14.7 Å². The van der Waals surface area contributed by atoms with Gasteiger partial charge in [0.1, 0.15) is 11.6 Å². The summed E-state index contributed by atoms with van der Waals surface area (Å²) < 4.78 is 7.47. The van der Waals surface area contributed by atoms with Crippen molar-refractivity contribution in [1.29, 1.82) is 0 Å². The van der Waals surface area contributed by atoms with E-state index in [0.717, 1.165) is 55.4 Å². The highest BCUT2D eigenvalue weighted by atomic mass is 16.5. The molecule has 3 aromatic rings. The predicted molar refractivity (Wildman–Crippen MR) is 171 cm³/mol. The van der Waals surface area contributed by atoms with Crippen molar-refractivity contribution in [3.05, 3.63) is 60.0 Å². The normalized spacial score (nSPS) is 26.5. The molecule has 0 radical (unpaired) electrons. The number of amides is 1. The van der Waals surface area contributed by atoms with Crippen LogP contribution >= 0.6 is 0 Å². The molecule has 1 aromatic carbocycles. The van der Waals surface area contributed by atoms with Crippen molar-refractivity contribution in [2.75, 3.05) is 18.6 Å². The Labute approximate surface area is 260 Å². The van der Waals surface area contributed by atoms with Gasteiger partial charge in [0.2, 0.25) is 5.91 Å². The van der Waals surface area contributed by atoms with E-state index in [1.165, 1.54) is 11.1 Å². The van der Waals surface area contributed by atoms with E-state index < -0.39 is 5.97 Å². The van der Waals surface area contributed by atoms with Crippen LogP contribution in [-0.2, 0) is 15.0 Å². The second-order valence-corrected chi connectivity index (χ2v) is 14.0. The molecule has 0 atom stereocenters. The zero-order valence-corrected chi connectivity index (χ0v) is 26.6. The molecule has 0 aliphatic heterocycles. The average molecular weight is 599 g/mol. The van der Waals surface area contributed by atoms with Crippen molar-refractivity contribution in [3.8, 4) is 16.9 Å². The molecule has 1 N–H and O–H groups in total. The lowest BCUT2D eigenvalue weighted by molar-refractivity contribution is -0.144. The molecular weight excluding hydrogens is 552 g/mol. The van der Waals surface area contributed by atoms with Gasteiger partial charge in [0, 0.05) is 36.5 Å². The molecule has 234 valence electrons. The molecule has 0 saturated heterocycles. The van der Waals surface area contributed by atoms with E-state index in [1.807, 2.05) is 34.1 Å². The molecular formula is C36H46N4O4. The fraction of sp³-hybridized carbons (Fsp3) is 0.556. The summed E-state index contributed by atoms with van der Waals surface area (Å²) in [6.45, 7) is 6.99. The molecule has 4 fully saturated rings. The maximum atomic E-state index is 14.4. The summed E-state index contributed by atoms with van der Waals surface area (Å²) in [4.78, 5) is 32.7. The number of nitrogens with zero attached hydrogens (tertiary/aromatic N) is 4. The highest BCUT2D eigenvalue weighted by Crippen LogP contribution is 2.58. The molecule has 1 amide bonds. The number of rotatable bonds is 9. The first-order chi connectivity index (χ1) is 21.1. The van der Waals surface area contributed by atoms with Gasteiger partial charge in [-0.2, -0.15) is 5.10 Å². The van der Waals surface area contributed by atoms with Crippen LogP contribution in [0.1, 0.15) is 95.2 Å². The number of carbonyl (C=O) groups excluding carboxylic acids is 1. The van der Waals surface area contributed by atoms with Gasteiger partial charge in [-0.25, -0.2) is 4.98 Å². The Morgan fingerprint density at radius 1 is 1.00 bits per heavy atom. The van der Waals surface area contributed by atoms with Crippen molar-refractivity contribution in [2.45, 2.75) is 96.4 Å². The van der Waals surface area contributed by atoms with Crippen LogP contribution in [-0.4, -0.2) is 45.4 Å². The summed E-state index contributed by atoms with van der Waals surface area (Å²) >= 11 is 0. The zero-order valence-electron chi connectivity index (χ0n) is 26.6.